The predicted molar refractivity (Wildman–Crippen MR) is 108 cm³/mol. The summed E-state index contributed by atoms with van der Waals surface area (Å²) in [7, 11) is 0. The molecule has 28 heavy (non-hydrogen) atoms. The molecule has 0 radical (unpaired) electrons. The molecule has 0 unspecified atom stereocenters. The Hall–Kier alpha value is -3.54. The molecule has 1 aliphatic heterocycles. The average Bonchev–Trinajstić information content (AvgIpc) is 3.23. The second kappa shape index (κ2) is 7.23. The van der Waals surface area contributed by atoms with Gasteiger partial charge in [0.15, 0.2) is 0 Å². The van der Waals surface area contributed by atoms with Crippen LogP contribution in [0.15, 0.2) is 61.2 Å². The number of aromatic nitrogens is 4. The smallest absolute Gasteiger partial charge is 0.144 e. The van der Waals surface area contributed by atoms with Gasteiger partial charge in [-0.2, -0.15) is 0 Å². The van der Waals surface area contributed by atoms with Crippen LogP contribution >= 0.6 is 0 Å². The summed E-state index contributed by atoms with van der Waals surface area (Å²) < 4.78 is 5.72. The molecule has 4 heterocycles. The number of nitrogens with zero attached hydrogens (tertiary/aromatic N) is 4. The van der Waals surface area contributed by atoms with E-state index in [1.54, 1.807) is 12.5 Å². The van der Waals surface area contributed by atoms with E-state index in [0.29, 0.717) is 0 Å². The van der Waals surface area contributed by atoms with Crippen LogP contribution in [0.5, 0.6) is 5.75 Å². The van der Waals surface area contributed by atoms with Gasteiger partial charge in [-0.15, -0.1) is 0 Å². The summed E-state index contributed by atoms with van der Waals surface area (Å²) in [5.74, 6) is 1.76. The van der Waals surface area contributed by atoms with Crippen LogP contribution in [0.3, 0.4) is 0 Å². The van der Waals surface area contributed by atoms with Crippen molar-refractivity contribution < 1.29 is 4.74 Å². The van der Waals surface area contributed by atoms with Crippen molar-refractivity contribution in [3.63, 3.8) is 0 Å². The van der Waals surface area contributed by atoms with Gasteiger partial charge in [-0.1, -0.05) is 12.1 Å². The molecular weight excluding hydrogens is 350 g/mol. The highest BCUT2D eigenvalue weighted by Gasteiger charge is 2.16. The van der Waals surface area contributed by atoms with Gasteiger partial charge < -0.3 is 10.1 Å². The van der Waals surface area contributed by atoms with Gasteiger partial charge in [-0.25, -0.2) is 9.97 Å². The van der Waals surface area contributed by atoms with Crippen molar-refractivity contribution in [3.8, 4) is 17.0 Å². The molecule has 0 amide bonds. The van der Waals surface area contributed by atoms with E-state index in [1.807, 2.05) is 36.5 Å². The lowest BCUT2D eigenvalue weighted by molar-refractivity contribution is 0.353. The highest BCUT2D eigenvalue weighted by Crippen LogP contribution is 2.28. The Morgan fingerprint density at radius 2 is 1.96 bits per heavy atom. The number of hydrogen-bond donors (Lipinski definition) is 1. The third-order valence-corrected chi connectivity index (χ3v) is 4.91. The fourth-order valence-corrected chi connectivity index (χ4v) is 3.51. The average molecular weight is 369 g/mol. The van der Waals surface area contributed by atoms with Crippen LogP contribution in [0.4, 0.5) is 5.82 Å². The van der Waals surface area contributed by atoms with Crippen molar-refractivity contribution in [2.24, 2.45) is 0 Å². The minimum absolute atomic E-state index is 0.726. The van der Waals surface area contributed by atoms with Crippen LogP contribution in [0.1, 0.15) is 11.3 Å². The second-order valence-electron chi connectivity index (χ2n) is 6.72. The van der Waals surface area contributed by atoms with Gasteiger partial charge in [0.1, 0.15) is 17.9 Å². The number of benzene rings is 1. The van der Waals surface area contributed by atoms with Crippen molar-refractivity contribution in [2.75, 3.05) is 18.5 Å². The topological polar surface area (TPSA) is 72.8 Å². The van der Waals surface area contributed by atoms with Crippen molar-refractivity contribution in [1.82, 2.24) is 19.9 Å². The lowest BCUT2D eigenvalue weighted by Crippen LogP contribution is -2.07. The Kier molecular flexibility index (Phi) is 4.29. The fourth-order valence-electron chi connectivity index (χ4n) is 3.51. The standard InChI is InChI=1S/C22H19N5O/c1-2-16-12-17(3-4-18(16)23-8-1)20-13-21(27-14-26-20)25-10-6-15-5-9-24-19-7-11-28-22(15)19/h1-5,8-9,12-14H,6-7,10-11H2,(H,25,26,27). The number of ether oxygens (including phenoxy) is 1. The number of nitrogens with one attached hydrogen (secondary N) is 1. The molecule has 1 aliphatic rings. The van der Waals surface area contributed by atoms with Crippen molar-refractivity contribution in [3.05, 3.63) is 72.4 Å². The number of fused-ring (bicyclic) bond motifs is 2. The largest absolute Gasteiger partial charge is 0.491 e. The van der Waals surface area contributed by atoms with Crippen LogP contribution in [-0.2, 0) is 12.8 Å². The SMILES string of the molecule is c1cnc2ccc(-c3cc(NCCc4ccnc5c4OCC5)ncn3)cc2c1. The van der Waals surface area contributed by atoms with E-state index < -0.39 is 0 Å². The molecule has 0 saturated carbocycles. The van der Waals surface area contributed by atoms with Crippen LogP contribution in [0.2, 0.25) is 0 Å². The Morgan fingerprint density at radius 1 is 0.964 bits per heavy atom. The Bertz CT molecular complexity index is 1140. The molecule has 0 fully saturated rings. The quantitative estimate of drug-likeness (QED) is 0.579. The predicted octanol–water partition coefficient (Wildman–Crippen LogP) is 3.68. The van der Waals surface area contributed by atoms with E-state index in [-0.39, 0.29) is 0 Å². The first-order valence-corrected chi connectivity index (χ1v) is 9.37. The first kappa shape index (κ1) is 16.6. The Balaban J connectivity index is 1.31. The van der Waals surface area contributed by atoms with Gasteiger partial charge in [0.05, 0.1) is 23.5 Å². The molecule has 0 aliphatic carbocycles. The summed E-state index contributed by atoms with van der Waals surface area (Å²) in [5, 5.41) is 4.49. The number of anilines is 1. The Labute approximate surface area is 162 Å². The molecule has 6 nitrogen and oxygen atoms in total. The second-order valence-corrected chi connectivity index (χ2v) is 6.72. The minimum atomic E-state index is 0.726. The van der Waals surface area contributed by atoms with Gasteiger partial charge in [0, 0.05) is 42.4 Å². The molecular formula is C22H19N5O. The molecule has 0 atom stereocenters. The highest BCUT2D eigenvalue weighted by molar-refractivity contribution is 5.83. The van der Waals surface area contributed by atoms with E-state index in [1.165, 1.54) is 5.56 Å². The summed E-state index contributed by atoms with van der Waals surface area (Å²) in [6, 6.07) is 14.2. The molecule has 0 spiro atoms. The van der Waals surface area contributed by atoms with Crippen LogP contribution in [0.25, 0.3) is 22.2 Å². The molecule has 0 saturated heterocycles. The minimum Gasteiger partial charge on any atom is -0.491 e. The zero-order valence-corrected chi connectivity index (χ0v) is 15.3. The third kappa shape index (κ3) is 3.24. The normalized spacial score (nSPS) is 12.6. The maximum atomic E-state index is 5.72. The molecule has 1 aromatic carbocycles. The van der Waals surface area contributed by atoms with Gasteiger partial charge in [0.25, 0.3) is 0 Å². The fraction of sp³-hybridized carbons (Fsp3) is 0.182. The molecule has 3 aromatic heterocycles. The van der Waals surface area contributed by atoms with Crippen LogP contribution < -0.4 is 10.1 Å². The van der Waals surface area contributed by atoms with Gasteiger partial charge in [-0.3, -0.25) is 9.97 Å². The number of hydrogen-bond acceptors (Lipinski definition) is 6. The first-order valence-electron chi connectivity index (χ1n) is 9.37. The van der Waals surface area contributed by atoms with E-state index in [4.69, 9.17) is 4.74 Å². The molecule has 0 bridgehead atoms. The Morgan fingerprint density at radius 3 is 2.96 bits per heavy atom. The van der Waals surface area contributed by atoms with Crippen LogP contribution in [-0.4, -0.2) is 33.1 Å². The first-order chi connectivity index (χ1) is 13.9. The lowest BCUT2D eigenvalue weighted by Gasteiger charge is -2.10. The number of pyridine rings is 2. The van der Waals surface area contributed by atoms with Crippen molar-refractivity contribution in [2.45, 2.75) is 12.8 Å². The maximum Gasteiger partial charge on any atom is 0.144 e. The number of rotatable bonds is 5. The monoisotopic (exact) mass is 369 g/mol. The maximum absolute atomic E-state index is 5.72. The zero-order valence-electron chi connectivity index (χ0n) is 15.3. The van der Waals surface area contributed by atoms with E-state index >= 15 is 0 Å². The summed E-state index contributed by atoms with van der Waals surface area (Å²) >= 11 is 0. The lowest BCUT2D eigenvalue weighted by atomic mass is 10.1. The summed E-state index contributed by atoms with van der Waals surface area (Å²) in [5.41, 5.74) is 5.16. The molecule has 1 N–H and O–H groups in total. The molecule has 138 valence electrons. The highest BCUT2D eigenvalue weighted by atomic mass is 16.5. The van der Waals surface area contributed by atoms with E-state index in [2.05, 4.69) is 37.4 Å². The van der Waals surface area contributed by atoms with E-state index in [0.717, 1.165) is 65.4 Å². The van der Waals surface area contributed by atoms with E-state index in [9.17, 15) is 0 Å². The molecule has 6 heteroatoms. The van der Waals surface area contributed by atoms with Gasteiger partial charge in [0.2, 0.25) is 0 Å². The van der Waals surface area contributed by atoms with Crippen LogP contribution in [0, 0.1) is 0 Å². The van der Waals surface area contributed by atoms with Gasteiger partial charge >= 0.3 is 0 Å². The van der Waals surface area contributed by atoms with Gasteiger partial charge in [-0.05, 0) is 36.2 Å². The zero-order chi connectivity index (χ0) is 18.8. The summed E-state index contributed by atoms with van der Waals surface area (Å²) in [6.07, 6.45) is 7.01. The molecule has 4 aromatic rings. The molecule has 5 rings (SSSR count). The summed E-state index contributed by atoms with van der Waals surface area (Å²) in [4.78, 5) is 17.5. The van der Waals surface area contributed by atoms with Crippen molar-refractivity contribution in [1.29, 1.82) is 0 Å². The third-order valence-electron chi connectivity index (χ3n) is 4.91. The summed E-state index contributed by atoms with van der Waals surface area (Å²) in [6.45, 7) is 1.49. The van der Waals surface area contributed by atoms with Crippen molar-refractivity contribution >= 4 is 16.7 Å².